The maximum atomic E-state index is 11.9. The number of amides is 1. The van der Waals surface area contributed by atoms with Crippen molar-refractivity contribution < 1.29 is 13.9 Å². The maximum Gasteiger partial charge on any atom is 0.277 e. The number of aryl methyl sites for hydroxylation is 2. The number of halogens is 3. The van der Waals surface area contributed by atoms with Crippen molar-refractivity contribution in [3.63, 3.8) is 0 Å². The molecule has 1 aromatic heterocycles. The summed E-state index contributed by atoms with van der Waals surface area (Å²) in [5, 5.41) is 5.62. The molecule has 5 nitrogen and oxygen atoms in total. The summed E-state index contributed by atoms with van der Waals surface area (Å²) in [7, 11) is 0. The molecule has 1 heterocycles. The minimum absolute atomic E-state index is 0.181. The van der Waals surface area contributed by atoms with Crippen LogP contribution in [-0.4, -0.2) is 18.7 Å². The number of carbonyl (C=O) groups is 1. The van der Waals surface area contributed by atoms with E-state index in [2.05, 4.69) is 10.5 Å². The van der Waals surface area contributed by atoms with Crippen LogP contribution in [0.25, 0.3) is 11.3 Å². The Kier molecular flexibility index (Phi) is 6.85. The maximum absolute atomic E-state index is 11.9. The van der Waals surface area contributed by atoms with Gasteiger partial charge in [0.15, 0.2) is 6.61 Å². The molecule has 29 heavy (non-hydrogen) atoms. The Balaban J connectivity index is 1.56. The molecule has 3 rings (SSSR count). The molecule has 150 valence electrons. The first-order chi connectivity index (χ1) is 13.8. The first kappa shape index (κ1) is 21.2. The average Bonchev–Trinajstić information content (AvgIpc) is 3.15. The molecule has 0 aliphatic heterocycles. The molecule has 1 amide bonds. The second kappa shape index (κ2) is 9.35. The number of carbonyl (C=O) groups excluding carboxylic acids is 1. The van der Waals surface area contributed by atoms with Crippen molar-refractivity contribution in [2.24, 2.45) is 5.10 Å². The van der Waals surface area contributed by atoms with Crippen molar-refractivity contribution in [2.45, 2.75) is 13.8 Å². The van der Waals surface area contributed by atoms with Gasteiger partial charge in [-0.2, -0.15) is 5.10 Å². The van der Waals surface area contributed by atoms with Gasteiger partial charge in [0.2, 0.25) is 0 Å². The van der Waals surface area contributed by atoms with Crippen LogP contribution in [0.15, 0.2) is 52.0 Å². The van der Waals surface area contributed by atoms with Gasteiger partial charge in [0, 0.05) is 15.6 Å². The molecule has 0 aliphatic carbocycles. The molecule has 0 fully saturated rings. The van der Waals surface area contributed by atoms with Crippen molar-refractivity contribution >= 4 is 46.9 Å². The highest BCUT2D eigenvalue weighted by Crippen LogP contribution is 2.31. The van der Waals surface area contributed by atoms with Gasteiger partial charge in [-0.15, -0.1) is 0 Å². The Morgan fingerprint density at radius 3 is 2.55 bits per heavy atom. The van der Waals surface area contributed by atoms with Gasteiger partial charge in [-0.3, -0.25) is 4.79 Å². The van der Waals surface area contributed by atoms with E-state index in [1.807, 2.05) is 13.8 Å². The van der Waals surface area contributed by atoms with Crippen LogP contribution < -0.4 is 10.2 Å². The SMILES string of the molecule is Cc1cc(OCC(=O)NN=Cc2ccc(-c3cc(Cl)ccc3Cl)o2)cc(C)c1Cl. The molecule has 0 saturated carbocycles. The first-order valence-electron chi connectivity index (χ1n) is 8.60. The zero-order chi connectivity index (χ0) is 21.0. The molecule has 2 aromatic carbocycles. The smallest absolute Gasteiger partial charge is 0.277 e. The van der Waals surface area contributed by atoms with Crippen molar-refractivity contribution in [1.82, 2.24) is 5.43 Å². The minimum Gasteiger partial charge on any atom is -0.484 e. The Labute approximate surface area is 183 Å². The molecule has 1 N–H and O–H groups in total. The number of nitrogens with one attached hydrogen (secondary N) is 1. The van der Waals surface area contributed by atoms with E-state index in [0.717, 1.165) is 11.1 Å². The van der Waals surface area contributed by atoms with E-state index in [1.165, 1.54) is 6.21 Å². The van der Waals surface area contributed by atoms with Gasteiger partial charge in [0.25, 0.3) is 5.91 Å². The average molecular weight is 452 g/mol. The number of furan rings is 1. The van der Waals surface area contributed by atoms with Crippen LogP contribution in [0, 0.1) is 13.8 Å². The zero-order valence-electron chi connectivity index (χ0n) is 15.6. The quantitative estimate of drug-likeness (QED) is 0.366. The fourth-order valence-corrected chi connectivity index (χ4v) is 3.08. The molecule has 0 saturated heterocycles. The monoisotopic (exact) mass is 450 g/mol. The third-order valence-electron chi connectivity index (χ3n) is 3.98. The van der Waals surface area contributed by atoms with Crippen LogP contribution in [0.2, 0.25) is 15.1 Å². The molecule has 0 atom stereocenters. The lowest BCUT2D eigenvalue weighted by molar-refractivity contribution is -0.123. The highest BCUT2D eigenvalue weighted by molar-refractivity contribution is 6.35. The summed E-state index contributed by atoms with van der Waals surface area (Å²) in [5.74, 6) is 1.15. The Bertz CT molecular complexity index is 1050. The number of nitrogens with zero attached hydrogens (tertiary/aromatic N) is 1. The predicted octanol–water partition coefficient (Wildman–Crippen LogP) is 6.05. The van der Waals surface area contributed by atoms with Gasteiger partial charge >= 0.3 is 0 Å². The lowest BCUT2D eigenvalue weighted by Gasteiger charge is -2.09. The van der Waals surface area contributed by atoms with E-state index in [9.17, 15) is 4.79 Å². The number of hydrazone groups is 1. The van der Waals surface area contributed by atoms with E-state index in [0.29, 0.717) is 37.9 Å². The van der Waals surface area contributed by atoms with E-state index < -0.39 is 5.91 Å². The second-order valence-electron chi connectivity index (χ2n) is 6.28. The summed E-state index contributed by atoms with van der Waals surface area (Å²) >= 11 is 18.3. The normalized spacial score (nSPS) is 11.1. The molecule has 0 bridgehead atoms. The van der Waals surface area contributed by atoms with Crippen LogP contribution in [-0.2, 0) is 4.79 Å². The Hall–Kier alpha value is -2.47. The third kappa shape index (κ3) is 5.54. The van der Waals surface area contributed by atoms with Gasteiger partial charge in [0.05, 0.1) is 11.2 Å². The lowest BCUT2D eigenvalue weighted by atomic mass is 10.1. The molecular weight excluding hydrogens is 435 g/mol. The number of rotatable bonds is 6. The topological polar surface area (TPSA) is 63.8 Å². The van der Waals surface area contributed by atoms with Crippen LogP contribution in [0.3, 0.4) is 0 Å². The number of benzene rings is 2. The van der Waals surface area contributed by atoms with Gasteiger partial charge in [-0.05, 0) is 67.4 Å². The summed E-state index contributed by atoms with van der Waals surface area (Å²) in [6, 6.07) is 12.1. The summed E-state index contributed by atoms with van der Waals surface area (Å²) in [5.41, 5.74) is 4.82. The van der Waals surface area contributed by atoms with E-state index >= 15 is 0 Å². The highest BCUT2D eigenvalue weighted by Gasteiger charge is 2.09. The first-order valence-corrected chi connectivity index (χ1v) is 9.73. The van der Waals surface area contributed by atoms with Crippen molar-refractivity contribution in [3.8, 4) is 17.1 Å². The standard InChI is InChI=1S/C21H17Cl3N2O3/c1-12-7-16(8-13(2)21(12)24)28-11-20(27)26-25-10-15-4-6-19(29-15)17-9-14(22)3-5-18(17)23/h3-10H,11H2,1-2H3,(H,26,27). The number of hydrogen-bond acceptors (Lipinski definition) is 4. The van der Waals surface area contributed by atoms with Crippen LogP contribution in [0.1, 0.15) is 16.9 Å². The fraction of sp³-hybridized carbons (Fsp3) is 0.143. The lowest BCUT2D eigenvalue weighted by Crippen LogP contribution is -2.24. The molecule has 0 spiro atoms. The molecular formula is C21H17Cl3N2O3. The molecule has 0 radical (unpaired) electrons. The van der Waals surface area contributed by atoms with Crippen LogP contribution >= 0.6 is 34.8 Å². The van der Waals surface area contributed by atoms with Crippen LogP contribution in [0.5, 0.6) is 5.75 Å². The Morgan fingerprint density at radius 2 is 1.83 bits per heavy atom. The number of ether oxygens (including phenoxy) is 1. The molecule has 8 heteroatoms. The molecule has 0 unspecified atom stereocenters. The van der Waals surface area contributed by atoms with Gasteiger partial charge in [-0.25, -0.2) is 5.43 Å². The van der Waals surface area contributed by atoms with E-state index in [-0.39, 0.29) is 6.61 Å². The van der Waals surface area contributed by atoms with Gasteiger partial charge < -0.3 is 9.15 Å². The van der Waals surface area contributed by atoms with E-state index in [4.69, 9.17) is 44.0 Å². The highest BCUT2D eigenvalue weighted by atomic mass is 35.5. The van der Waals surface area contributed by atoms with Crippen LogP contribution in [0.4, 0.5) is 0 Å². The summed E-state index contributed by atoms with van der Waals surface area (Å²) < 4.78 is 11.1. The zero-order valence-corrected chi connectivity index (χ0v) is 17.9. The number of hydrogen-bond donors (Lipinski definition) is 1. The second-order valence-corrected chi connectivity index (χ2v) is 7.50. The molecule has 0 aliphatic rings. The summed E-state index contributed by atoms with van der Waals surface area (Å²) in [6.07, 6.45) is 1.39. The largest absolute Gasteiger partial charge is 0.484 e. The third-order valence-corrected chi connectivity index (χ3v) is 5.14. The van der Waals surface area contributed by atoms with Crippen molar-refractivity contribution in [1.29, 1.82) is 0 Å². The summed E-state index contributed by atoms with van der Waals surface area (Å²) in [6.45, 7) is 3.57. The minimum atomic E-state index is -0.406. The fourth-order valence-electron chi connectivity index (χ4n) is 2.59. The predicted molar refractivity (Wildman–Crippen MR) is 116 cm³/mol. The van der Waals surface area contributed by atoms with Gasteiger partial charge in [-0.1, -0.05) is 34.8 Å². The Morgan fingerprint density at radius 1 is 1.10 bits per heavy atom. The molecule has 3 aromatic rings. The van der Waals surface area contributed by atoms with Crippen molar-refractivity contribution in [2.75, 3.05) is 6.61 Å². The van der Waals surface area contributed by atoms with E-state index in [1.54, 1.807) is 42.5 Å². The van der Waals surface area contributed by atoms with Gasteiger partial charge in [0.1, 0.15) is 17.3 Å². The van der Waals surface area contributed by atoms with Crippen molar-refractivity contribution in [3.05, 3.63) is 74.4 Å². The summed E-state index contributed by atoms with van der Waals surface area (Å²) in [4.78, 5) is 11.9.